The van der Waals surface area contributed by atoms with Crippen molar-refractivity contribution in [1.82, 2.24) is 0 Å². The first kappa shape index (κ1) is 25.4. The molecule has 3 heteroatoms. The molecule has 1 heterocycles. The van der Waals surface area contributed by atoms with Crippen LogP contribution in [0.1, 0.15) is 61.8 Å². The Morgan fingerprint density at radius 3 is 1.35 bits per heavy atom. The van der Waals surface area contributed by atoms with E-state index in [1.165, 1.54) is 57.0 Å². The van der Waals surface area contributed by atoms with Gasteiger partial charge < -0.3 is 9.47 Å². The van der Waals surface area contributed by atoms with Crippen LogP contribution in [0.3, 0.4) is 0 Å². The molecule has 0 spiro atoms. The minimum atomic E-state index is 0.879. The van der Waals surface area contributed by atoms with E-state index in [1.807, 2.05) is 11.3 Å². The molecule has 0 saturated carbocycles. The maximum absolute atomic E-state index is 6.36. The van der Waals surface area contributed by atoms with E-state index in [1.54, 1.807) is 0 Å². The molecule has 0 radical (unpaired) electrons. The van der Waals surface area contributed by atoms with Gasteiger partial charge in [0.1, 0.15) is 23.0 Å². The Morgan fingerprint density at radius 1 is 0.568 bits per heavy atom. The molecule has 0 aliphatic heterocycles. The van der Waals surface area contributed by atoms with Crippen molar-refractivity contribution in [3.63, 3.8) is 0 Å². The van der Waals surface area contributed by atoms with E-state index >= 15 is 0 Å². The van der Waals surface area contributed by atoms with Crippen LogP contribution < -0.4 is 9.47 Å². The molecule has 190 valence electrons. The molecule has 0 bridgehead atoms. The molecule has 0 amide bonds. The van der Waals surface area contributed by atoms with Gasteiger partial charge in [-0.05, 0) is 110 Å². The van der Waals surface area contributed by atoms with Crippen molar-refractivity contribution in [2.75, 3.05) is 0 Å². The van der Waals surface area contributed by atoms with Crippen LogP contribution in [0, 0.1) is 13.8 Å². The highest BCUT2D eigenvalue weighted by molar-refractivity contribution is 7.25. The van der Waals surface area contributed by atoms with Gasteiger partial charge in [0.25, 0.3) is 0 Å². The second kappa shape index (κ2) is 11.4. The van der Waals surface area contributed by atoms with E-state index in [0.717, 1.165) is 47.0 Å². The van der Waals surface area contributed by atoms with E-state index < -0.39 is 0 Å². The van der Waals surface area contributed by atoms with Crippen LogP contribution in [0.5, 0.6) is 23.0 Å². The van der Waals surface area contributed by atoms with Crippen molar-refractivity contribution in [2.24, 2.45) is 0 Å². The molecule has 0 fully saturated rings. The number of hydrogen-bond acceptors (Lipinski definition) is 3. The van der Waals surface area contributed by atoms with Crippen LogP contribution in [-0.4, -0.2) is 0 Å². The second-order valence-corrected chi connectivity index (χ2v) is 11.1. The highest BCUT2D eigenvalue weighted by atomic mass is 32.1. The van der Waals surface area contributed by atoms with Gasteiger partial charge in [-0.15, -0.1) is 11.3 Å². The monoisotopic (exact) mass is 508 g/mol. The summed E-state index contributed by atoms with van der Waals surface area (Å²) in [5.74, 6) is 3.56. The second-order valence-electron chi connectivity index (χ2n) is 10.0. The van der Waals surface area contributed by atoms with E-state index in [-0.39, 0.29) is 0 Å². The lowest BCUT2D eigenvalue weighted by Gasteiger charge is -2.11. The average Bonchev–Trinajstić information content (AvgIpc) is 3.23. The summed E-state index contributed by atoms with van der Waals surface area (Å²) < 4.78 is 15.3. The van der Waals surface area contributed by atoms with Crippen molar-refractivity contribution in [1.29, 1.82) is 0 Å². The zero-order valence-electron chi connectivity index (χ0n) is 22.4. The fourth-order valence-electron chi connectivity index (χ4n) is 4.72. The summed E-state index contributed by atoms with van der Waals surface area (Å²) in [6.07, 6.45) is 7.10. The first-order valence-corrected chi connectivity index (χ1v) is 14.4. The van der Waals surface area contributed by atoms with Crippen molar-refractivity contribution >= 4 is 31.5 Å². The molecule has 2 nitrogen and oxygen atoms in total. The number of unbranched alkanes of at least 4 members (excludes halogenated alkanes) is 2. The van der Waals surface area contributed by atoms with Crippen molar-refractivity contribution < 1.29 is 9.47 Å². The number of fused-ring (bicyclic) bond motifs is 3. The number of benzene rings is 4. The molecule has 5 rings (SSSR count). The molecular formula is C34H36O2S. The molecule has 1 aromatic heterocycles. The normalized spacial score (nSPS) is 11.4. The molecule has 0 aliphatic carbocycles. The number of aryl methyl sites for hydroxylation is 4. The van der Waals surface area contributed by atoms with Gasteiger partial charge in [-0.3, -0.25) is 0 Å². The summed E-state index contributed by atoms with van der Waals surface area (Å²) in [6, 6.07) is 25.9. The quantitative estimate of drug-likeness (QED) is 0.187. The van der Waals surface area contributed by atoms with Gasteiger partial charge in [-0.25, -0.2) is 0 Å². The predicted molar refractivity (Wildman–Crippen MR) is 159 cm³/mol. The Bertz CT molecular complexity index is 1380. The fourth-order valence-corrected chi connectivity index (χ4v) is 5.98. The third-order valence-electron chi connectivity index (χ3n) is 7.00. The Kier molecular flexibility index (Phi) is 7.81. The summed E-state index contributed by atoms with van der Waals surface area (Å²) in [6.45, 7) is 8.70. The number of hydrogen-bond donors (Lipinski definition) is 0. The highest BCUT2D eigenvalue weighted by Crippen LogP contribution is 2.42. The number of rotatable bonds is 10. The molecule has 4 aromatic carbocycles. The van der Waals surface area contributed by atoms with Crippen LogP contribution in [0.4, 0.5) is 0 Å². The smallest absolute Gasteiger partial charge is 0.131 e. The minimum absolute atomic E-state index is 0.879. The van der Waals surface area contributed by atoms with Crippen LogP contribution in [0.2, 0.25) is 0 Å². The Balaban J connectivity index is 1.43. The van der Waals surface area contributed by atoms with Gasteiger partial charge in [0.15, 0.2) is 0 Å². The maximum atomic E-state index is 6.36. The zero-order valence-corrected chi connectivity index (χ0v) is 23.2. The van der Waals surface area contributed by atoms with Crippen molar-refractivity contribution in [3.05, 3.63) is 95.1 Å². The van der Waals surface area contributed by atoms with Gasteiger partial charge in [0.2, 0.25) is 0 Å². The molecule has 0 unspecified atom stereocenters. The highest BCUT2D eigenvalue weighted by Gasteiger charge is 2.13. The van der Waals surface area contributed by atoms with Gasteiger partial charge in [0, 0.05) is 20.2 Å². The topological polar surface area (TPSA) is 18.5 Å². The predicted octanol–water partition coefficient (Wildman–Crippen LogP) is 10.9. The minimum Gasteiger partial charge on any atom is -0.457 e. The number of ether oxygens (including phenoxy) is 2. The molecule has 5 aromatic rings. The maximum Gasteiger partial charge on any atom is 0.131 e. The van der Waals surface area contributed by atoms with Gasteiger partial charge in [-0.2, -0.15) is 0 Å². The van der Waals surface area contributed by atoms with E-state index in [4.69, 9.17) is 9.47 Å². The Labute approximate surface area is 224 Å². The molecular weight excluding hydrogens is 472 g/mol. The Hall–Kier alpha value is -3.30. The first-order chi connectivity index (χ1) is 18.0. The van der Waals surface area contributed by atoms with E-state index in [0.29, 0.717) is 0 Å². The zero-order chi connectivity index (χ0) is 25.8. The number of thiophene rings is 1. The lowest BCUT2D eigenvalue weighted by atomic mass is 10.1. The molecule has 0 atom stereocenters. The van der Waals surface area contributed by atoms with Crippen molar-refractivity contribution in [3.8, 4) is 23.0 Å². The summed E-state index contributed by atoms with van der Waals surface area (Å²) in [5, 5.41) is 2.42. The summed E-state index contributed by atoms with van der Waals surface area (Å²) in [7, 11) is 0. The molecule has 37 heavy (non-hydrogen) atoms. The Morgan fingerprint density at radius 2 is 0.973 bits per heavy atom. The molecule has 0 N–H and O–H groups in total. The van der Waals surface area contributed by atoms with Crippen LogP contribution >= 0.6 is 11.3 Å². The molecule has 0 saturated heterocycles. The summed E-state index contributed by atoms with van der Waals surface area (Å²) in [5.41, 5.74) is 5.02. The lowest BCUT2D eigenvalue weighted by molar-refractivity contribution is 0.479. The van der Waals surface area contributed by atoms with E-state index in [9.17, 15) is 0 Å². The van der Waals surface area contributed by atoms with Gasteiger partial charge in [0.05, 0.1) is 0 Å². The first-order valence-electron chi connectivity index (χ1n) is 13.5. The lowest BCUT2D eigenvalue weighted by Crippen LogP contribution is -1.90. The van der Waals surface area contributed by atoms with E-state index in [2.05, 4.69) is 100 Å². The van der Waals surface area contributed by atoms with Crippen LogP contribution in [0.15, 0.2) is 72.8 Å². The third-order valence-corrected chi connectivity index (χ3v) is 8.12. The largest absolute Gasteiger partial charge is 0.457 e. The van der Waals surface area contributed by atoms with Crippen LogP contribution in [0.25, 0.3) is 20.2 Å². The van der Waals surface area contributed by atoms with Crippen molar-refractivity contribution in [2.45, 2.75) is 66.2 Å². The summed E-state index contributed by atoms with van der Waals surface area (Å²) >= 11 is 1.83. The third kappa shape index (κ3) is 5.83. The standard InChI is InChI=1S/C34H36O2S/c1-5-7-9-25-11-15-27(16-12-25)35-31-21-29-30-22-32(24(4)20-34(30)37-33(29)19-23(31)3)36-28-17-13-26(14-18-28)10-8-6-2/h11-22H,5-10H2,1-4H3. The molecule has 0 aliphatic rings. The fraction of sp³-hybridized carbons (Fsp3) is 0.294. The average molecular weight is 509 g/mol. The van der Waals surface area contributed by atoms with Crippen LogP contribution in [-0.2, 0) is 12.8 Å². The van der Waals surface area contributed by atoms with Gasteiger partial charge >= 0.3 is 0 Å². The summed E-state index contributed by atoms with van der Waals surface area (Å²) in [4.78, 5) is 0. The SMILES string of the molecule is CCCCc1ccc(Oc2cc3c(cc2C)sc2cc(C)c(Oc4ccc(CCCC)cc4)cc23)cc1. The van der Waals surface area contributed by atoms with Gasteiger partial charge in [-0.1, -0.05) is 51.0 Å².